The molecule has 2 N–H and O–H groups in total. The Morgan fingerprint density at radius 2 is 1.47 bits per heavy atom. The average molecular weight is 237 g/mol. The van der Waals surface area contributed by atoms with Crippen LogP contribution in [0.1, 0.15) is 52.4 Å². The van der Waals surface area contributed by atoms with E-state index in [0.29, 0.717) is 5.41 Å². The van der Waals surface area contributed by atoms with Gasteiger partial charge in [0.05, 0.1) is 5.60 Å². The fourth-order valence-corrected chi connectivity index (χ4v) is 5.94. The summed E-state index contributed by atoms with van der Waals surface area (Å²) in [6.07, 6.45) is 8.49. The van der Waals surface area contributed by atoms with Gasteiger partial charge in [0.15, 0.2) is 0 Å². The first-order valence-electron chi connectivity index (χ1n) is 7.32. The van der Waals surface area contributed by atoms with Crippen molar-refractivity contribution in [1.82, 2.24) is 5.32 Å². The zero-order valence-electron chi connectivity index (χ0n) is 11.5. The highest BCUT2D eigenvalue weighted by atomic mass is 16.3. The lowest BCUT2D eigenvalue weighted by molar-refractivity contribution is -0.118. The topological polar surface area (TPSA) is 32.3 Å². The van der Waals surface area contributed by atoms with Gasteiger partial charge >= 0.3 is 0 Å². The van der Waals surface area contributed by atoms with Crippen LogP contribution >= 0.6 is 0 Å². The minimum absolute atomic E-state index is 0.267. The van der Waals surface area contributed by atoms with E-state index in [1.54, 1.807) is 0 Å². The molecule has 0 aromatic carbocycles. The van der Waals surface area contributed by atoms with Gasteiger partial charge in [0.1, 0.15) is 0 Å². The standard InChI is InChI=1S/C15H27NO/c1-14(2,17)13(16-3)15-7-10-4-11(8-15)6-12(5-10)9-15/h10-13,16-17H,4-9H2,1-3H3. The van der Waals surface area contributed by atoms with Crippen molar-refractivity contribution in [3.8, 4) is 0 Å². The Hall–Kier alpha value is -0.0800. The summed E-state index contributed by atoms with van der Waals surface area (Å²) >= 11 is 0. The highest BCUT2D eigenvalue weighted by Crippen LogP contribution is 2.62. The van der Waals surface area contributed by atoms with E-state index in [1.165, 1.54) is 38.5 Å². The van der Waals surface area contributed by atoms with Crippen molar-refractivity contribution in [2.45, 2.75) is 64.0 Å². The molecule has 2 heteroatoms. The molecular weight excluding hydrogens is 210 g/mol. The summed E-state index contributed by atoms with van der Waals surface area (Å²) in [7, 11) is 2.03. The van der Waals surface area contributed by atoms with E-state index in [9.17, 15) is 5.11 Å². The predicted octanol–water partition coefficient (Wildman–Crippen LogP) is 2.56. The van der Waals surface area contributed by atoms with Gasteiger partial charge in [0, 0.05) is 6.04 Å². The fraction of sp³-hybridized carbons (Fsp3) is 1.00. The van der Waals surface area contributed by atoms with E-state index >= 15 is 0 Å². The minimum Gasteiger partial charge on any atom is -0.389 e. The van der Waals surface area contributed by atoms with Gasteiger partial charge in [-0.1, -0.05) is 0 Å². The maximum Gasteiger partial charge on any atom is 0.0749 e. The smallest absolute Gasteiger partial charge is 0.0749 e. The maximum absolute atomic E-state index is 10.5. The van der Waals surface area contributed by atoms with Crippen LogP contribution in [0.25, 0.3) is 0 Å². The molecule has 0 amide bonds. The SMILES string of the molecule is CNC(C(C)(C)O)C12CC3CC(CC(C3)C1)C2. The van der Waals surface area contributed by atoms with Gasteiger partial charge in [-0.05, 0) is 82.6 Å². The Balaban J connectivity index is 1.90. The zero-order valence-corrected chi connectivity index (χ0v) is 11.5. The fourth-order valence-electron chi connectivity index (χ4n) is 5.94. The summed E-state index contributed by atoms with van der Waals surface area (Å²) in [6, 6.07) is 0.267. The summed E-state index contributed by atoms with van der Waals surface area (Å²) in [5.41, 5.74) is -0.206. The molecule has 4 bridgehead atoms. The number of aliphatic hydroxyl groups is 1. The van der Waals surface area contributed by atoms with Crippen molar-refractivity contribution in [2.75, 3.05) is 7.05 Å². The molecule has 0 aromatic heterocycles. The monoisotopic (exact) mass is 237 g/mol. The van der Waals surface area contributed by atoms with Gasteiger partial charge in [-0.15, -0.1) is 0 Å². The van der Waals surface area contributed by atoms with E-state index in [4.69, 9.17) is 0 Å². The van der Waals surface area contributed by atoms with Crippen molar-refractivity contribution < 1.29 is 5.11 Å². The van der Waals surface area contributed by atoms with Gasteiger partial charge in [0.2, 0.25) is 0 Å². The van der Waals surface area contributed by atoms with Gasteiger partial charge in [-0.2, -0.15) is 0 Å². The van der Waals surface area contributed by atoms with Gasteiger partial charge in [-0.3, -0.25) is 0 Å². The lowest BCUT2D eigenvalue weighted by Gasteiger charge is -2.61. The molecule has 0 radical (unpaired) electrons. The van der Waals surface area contributed by atoms with Crippen LogP contribution in [0.4, 0.5) is 0 Å². The van der Waals surface area contributed by atoms with Crippen LogP contribution in [-0.2, 0) is 0 Å². The van der Waals surface area contributed by atoms with Crippen LogP contribution in [0.5, 0.6) is 0 Å². The average Bonchev–Trinajstić information content (AvgIpc) is 2.12. The van der Waals surface area contributed by atoms with E-state index in [2.05, 4.69) is 5.32 Å². The summed E-state index contributed by atoms with van der Waals surface area (Å²) in [5, 5.41) is 13.9. The zero-order chi connectivity index (χ0) is 12.3. The Morgan fingerprint density at radius 1 is 1.06 bits per heavy atom. The highest BCUT2D eigenvalue weighted by molar-refractivity contribution is 5.09. The third-order valence-corrected chi connectivity index (χ3v) is 5.69. The third kappa shape index (κ3) is 1.84. The van der Waals surface area contributed by atoms with Gasteiger partial charge in [-0.25, -0.2) is 0 Å². The Kier molecular flexibility index (Phi) is 2.61. The first-order valence-corrected chi connectivity index (χ1v) is 7.32. The minimum atomic E-state index is -0.597. The van der Waals surface area contributed by atoms with Crippen molar-refractivity contribution >= 4 is 0 Å². The molecule has 0 heterocycles. The van der Waals surface area contributed by atoms with Crippen LogP contribution in [0.2, 0.25) is 0 Å². The molecule has 17 heavy (non-hydrogen) atoms. The lowest BCUT2D eigenvalue weighted by atomic mass is 9.46. The van der Waals surface area contributed by atoms with Crippen molar-refractivity contribution in [2.24, 2.45) is 23.2 Å². The van der Waals surface area contributed by atoms with Gasteiger partial charge < -0.3 is 10.4 Å². The number of hydrogen-bond acceptors (Lipinski definition) is 2. The lowest BCUT2D eigenvalue weighted by Crippen LogP contribution is -2.62. The second-order valence-corrected chi connectivity index (χ2v) is 7.66. The number of hydrogen-bond donors (Lipinski definition) is 2. The first kappa shape index (κ1) is 12.0. The number of nitrogens with one attached hydrogen (secondary N) is 1. The molecule has 98 valence electrons. The molecule has 1 unspecified atom stereocenters. The molecule has 0 spiro atoms. The molecule has 4 fully saturated rings. The summed E-state index contributed by atoms with van der Waals surface area (Å²) in [5.74, 6) is 2.87. The summed E-state index contributed by atoms with van der Waals surface area (Å²) in [6.45, 7) is 3.96. The van der Waals surface area contributed by atoms with E-state index in [1.807, 2.05) is 20.9 Å². The van der Waals surface area contributed by atoms with Crippen LogP contribution in [0.15, 0.2) is 0 Å². The molecule has 4 aliphatic carbocycles. The number of rotatable bonds is 3. The summed E-state index contributed by atoms with van der Waals surface area (Å²) in [4.78, 5) is 0. The van der Waals surface area contributed by atoms with Crippen LogP contribution in [0.3, 0.4) is 0 Å². The molecule has 0 saturated heterocycles. The van der Waals surface area contributed by atoms with Crippen molar-refractivity contribution in [3.63, 3.8) is 0 Å². The molecule has 0 aliphatic heterocycles. The first-order chi connectivity index (χ1) is 7.93. The molecule has 4 aliphatic rings. The Bertz CT molecular complexity index is 269. The summed E-state index contributed by atoms with van der Waals surface area (Å²) < 4.78 is 0. The molecule has 4 rings (SSSR count). The van der Waals surface area contributed by atoms with Crippen LogP contribution in [-0.4, -0.2) is 23.8 Å². The second-order valence-electron chi connectivity index (χ2n) is 7.66. The third-order valence-electron chi connectivity index (χ3n) is 5.69. The van der Waals surface area contributed by atoms with Crippen LogP contribution in [0, 0.1) is 23.2 Å². The maximum atomic E-state index is 10.5. The van der Waals surface area contributed by atoms with E-state index in [0.717, 1.165) is 17.8 Å². The molecular formula is C15H27NO. The van der Waals surface area contributed by atoms with Gasteiger partial charge in [0.25, 0.3) is 0 Å². The largest absolute Gasteiger partial charge is 0.389 e. The second kappa shape index (κ2) is 3.71. The van der Waals surface area contributed by atoms with E-state index in [-0.39, 0.29) is 6.04 Å². The molecule has 2 nitrogen and oxygen atoms in total. The number of likely N-dealkylation sites (N-methyl/N-ethyl adjacent to an activating group) is 1. The predicted molar refractivity (Wildman–Crippen MR) is 69.8 cm³/mol. The van der Waals surface area contributed by atoms with Crippen LogP contribution < -0.4 is 5.32 Å². The van der Waals surface area contributed by atoms with E-state index < -0.39 is 5.60 Å². The quantitative estimate of drug-likeness (QED) is 0.790. The molecule has 4 saturated carbocycles. The Labute approximate surface area is 105 Å². The highest BCUT2D eigenvalue weighted by Gasteiger charge is 2.56. The molecule has 1 atom stereocenters. The normalized spacial score (nSPS) is 46.2. The van der Waals surface area contributed by atoms with Crippen molar-refractivity contribution in [3.05, 3.63) is 0 Å². The Morgan fingerprint density at radius 3 is 1.76 bits per heavy atom. The molecule has 0 aromatic rings. The van der Waals surface area contributed by atoms with Crippen molar-refractivity contribution in [1.29, 1.82) is 0 Å².